The first-order valence-electron chi connectivity index (χ1n) is 12.3. The van der Waals surface area contributed by atoms with Crippen molar-refractivity contribution in [3.63, 3.8) is 0 Å². The molecule has 0 aliphatic rings. The maximum atomic E-state index is 12.5. The van der Waals surface area contributed by atoms with E-state index in [0.29, 0.717) is 12.1 Å². The number of thioether (sulfide) groups is 1. The second-order valence-electron chi connectivity index (χ2n) is 8.85. The highest BCUT2D eigenvalue weighted by molar-refractivity contribution is 8.00. The van der Waals surface area contributed by atoms with Crippen molar-refractivity contribution in [2.45, 2.75) is 93.8 Å². The number of aliphatic hydroxyl groups excluding tert-OH is 1. The van der Waals surface area contributed by atoms with Gasteiger partial charge in [-0.25, -0.2) is 0 Å². The van der Waals surface area contributed by atoms with Crippen LogP contribution in [-0.4, -0.2) is 29.5 Å². The number of para-hydroxylation sites is 1. The van der Waals surface area contributed by atoms with Crippen molar-refractivity contribution < 1.29 is 14.6 Å². The van der Waals surface area contributed by atoms with Gasteiger partial charge in [0.2, 0.25) is 0 Å². The summed E-state index contributed by atoms with van der Waals surface area (Å²) in [5, 5.41) is 10.7. The molecule has 0 heterocycles. The van der Waals surface area contributed by atoms with Crippen molar-refractivity contribution in [1.29, 1.82) is 0 Å². The molecule has 2 rings (SSSR count). The Hall–Kier alpha value is -1.98. The van der Waals surface area contributed by atoms with Crippen LogP contribution < -0.4 is 5.73 Å². The average molecular weight is 472 g/mol. The highest BCUT2D eigenvalue weighted by atomic mass is 32.2. The van der Waals surface area contributed by atoms with Crippen molar-refractivity contribution in [3.8, 4) is 0 Å². The fourth-order valence-corrected chi connectivity index (χ4v) is 5.04. The van der Waals surface area contributed by atoms with Crippen LogP contribution in [0.1, 0.15) is 82.3 Å². The number of aliphatic hydroxyl groups is 1. The lowest BCUT2D eigenvalue weighted by Gasteiger charge is -2.23. The van der Waals surface area contributed by atoms with Crippen molar-refractivity contribution >= 4 is 23.4 Å². The number of ether oxygens (including phenoxy) is 1. The molecule has 0 amide bonds. The van der Waals surface area contributed by atoms with E-state index in [2.05, 4.69) is 19.1 Å². The minimum absolute atomic E-state index is 0.113. The third-order valence-corrected chi connectivity index (χ3v) is 7.50. The molecule has 3 N–H and O–H groups in total. The first-order valence-corrected chi connectivity index (χ1v) is 13.2. The summed E-state index contributed by atoms with van der Waals surface area (Å²) in [4.78, 5) is 13.5. The second kappa shape index (κ2) is 15.0. The Morgan fingerprint density at radius 1 is 1.00 bits per heavy atom. The van der Waals surface area contributed by atoms with Gasteiger partial charge in [0, 0.05) is 15.8 Å². The number of hydrogen-bond donors (Lipinski definition) is 2. The number of benzene rings is 2. The maximum Gasteiger partial charge on any atom is 0.313 e. The Labute approximate surface area is 204 Å². The molecule has 0 saturated carbocycles. The van der Waals surface area contributed by atoms with Gasteiger partial charge >= 0.3 is 5.97 Å². The van der Waals surface area contributed by atoms with E-state index in [-0.39, 0.29) is 11.2 Å². The molecule has 3 unspecified atom stereocenters. The topological polar surface area (TPSA) is 72.5 Å². The Bertz CT molecular complexity index is 824. The number of esters is 1. The Kier molecular flexibility index (Phi) is 12.4. The van der Waals surface area contributed by atoms with E-state index in [0.717, 1.165) is 16.9 Å². The molecule has 4 nitrogen and oxygen atoms in total. The fourth-order valence-electron chi connectivity index (χ4n) is 4.01. The summed E-state index contributed by atoms with van der Waals surface area (Å²) in [6.45, 7) is 4.21. The summed E-state index contributed by atoms with van der Waals surface area (Å²) >= 11 is 1.53. The molecule has 0 saturated heterocycles. The van der Waals surface area contributed by atoms with Crippen LogP contribution in [0, 0.1) is 0 Å². The predicted molar refractivity (Wildman–Crippen MR) is 140 cm³/mol. The Morgan fingerprint density at radius 3 is 2.27 bits per heavy atom. The minimum atomic E-state index is -0.675. The summed E-state index contributed by atoms with van der Waals surface area (Å²) < 4.78 is 5.06. The zero-order valence-electron chi connectivity index (χ0n) is 20.5. The first kappa shape index (κ1) is 27.3. The van der Waals surface area contributed by atoms with Crippen LogP contribution in [-0.2, 0) is 16.0 Å². The zero-order chi connectivity index (χ0) is 24.1. The third kappa shape index (κ3) is 9.42. The number of carbonyl (C=O) groups excluding carboxylic acids is 1. The van der Waals surface area contributed by atoms with Crippen molar-refractivity contribution in [3.05, 3.63) is 59.7 Å². The number of hydrogen-bond acceptors (Lipinski definition) is 5. The SMILES string of the molecule is CCCCCCCCCc1ccc(C(CC(O)C(C)Sc2ccccc2N)C(=O)OC)cc1. The largest absolute Gasteiger partial charge is 0.469 e. The molecule has 0 bridgehead atoms. The summed E-state index contributed by atoms with van der Waals surface area (Å²) in [6.07, 6.45) is 9.79. The van der Waals surface area contributed by atoms with Crippen LogP contribution in [0.5, 0.6) is 0 Å². The lowest BCUT2D eigenvalue weighted by Crippen LogP contribution is -2.26. The molecule has 0 aromatic heterocycles. The van der Waals surface area contributed by atoms with Crippen molar-refractivity contribution in [2.75, 3.05) is 12.8 Å². The molecule has 5 heteroatoms. The number of aryl methyl sites for hydroxylation is 1. The molecule has 0 radical (unpaired) electrons. The number of unbranched alkanes of at least 4 members (excludes halogenated alkanes) is 6. The normalized spacial score (nSPS) is 13.9. The van der Waals surface area contributed by atoms with Gasteiger partial charge in [0.1, 0.15) is 0 Å². The van der Waals surface area contributed by atoms with Gasteiger partial charge < -0.3 is 15.6 Å². The third-order valence-electron chi connectivity index (χ3n) is 6.19. The van der Waals surface area contributed by atoms with Crippen LogP contribution in [0.4, 0.5) is 5.69 Å². The Balaban J connectivity index is 1.91. The van der Waals surface area contributed by atoms with Gasteiger partial charge in [-0.15, -0.1) is 11.8 Å². The van der Waals surface area contributed by atoms with Crippen LogP contribution in [0.2, 0.25) is 0 Å². The quantitative estimate of drug-likeness (QED) is 0.130. The van der Waals surface area contributed by atoms with Crippen molar-refractivity contribution in [1.82, 2.24) is 0 Å². The molecule has 0 spiro atoms. The number of methoxy groups -OCH3 is 1. The average Bonchev–Trinajstić information content (AvgIpc) is 2.83. The summed E-state index contributed by atoms with van der Waals surface area (Å²) in [6, 6.07) is 15.9. The van der Waals surface area contributed by atoms with Gasteiger partial charge in [0.15, 0.2) is 0 Å². The number of anilines is 1. The minimum Gasteiger partial charge on any atom is -0.469 e. The van der Waals surface area contributed by atoms with Crippen LogP contribution in [0.25, 0.3) is 0 Å². The highest BCUT2D eigenvalue weighted by Gasteiger charge is 2.28. The highest BCUT2D eigenvalue weighted by Crippen LogP contribution is 2.33. The van der Waals surface area contributed by atoms with Crippen LogP contribution in [0.15, 0.2) is 53.4 Å². The Morgan fingerprint density at radius 2 is 1.64 bits per heavy atom. The van der Waals surface area contributed by atoms with Gasteiger partial charge in [-0.2, -0.15) is 0 Å². The first-order chi connectivity index (χ1) is 16.0. The molecule has 2 aromatic rings. The lowest BCUT2D eigenvalue weighted by molar-refractivity contribution is -0.143. The number of nitrogens with two attached hydrogens (primary N) is 1. The van der Waals surface area contributed by atoms with E-state index in [1.165, 1.54) is 69.4 Å². The van der Waals surface area contributed by atoms with Gasteiger partial charge in [0.25, 0.3) is 0 Å². The van der Waals surface area contributed by atoms with E-state index in [9.17, 15) is 9.90 Å². The zero-order valence-corrected chi connectivity index (χ0v) is 21.3. The molecule has 33 heavy (non-hydrogen) atoms. The predicted octanol–water partition coefficient (Wildman–Crippen LogP) is 6.75. The number of rotatable bonds is 15. The van der Waals surface area contributed by atoms with Gasteiger partial charge in [-0.1, -0.05) is 88.8 Å². The molecule has 182 valence electrons. The van der Waals surface area contributed by atoms with E-state index < -0.39 is 12.0 Å². The monoisotopic (exact) mass is 471 g/mol. The summed E-state index contributed by atoms with van der Waals surface area (Å²) in [5.74, 6) is -0.806. The summed E-state index contributed by atoms with van der Waals surface area (Å²) in [5.41, 5.74) is 8.92. The molecular weight excluding hydrogens is 430 g/mol. The standard InChI is InChI=1S/C28H41NO3S/c1-4-5-6-7-8-9-10-13-22-16-18-23(19-17-22)24(28(31)32-3)20-26(30)21(2)33-27-15-12-11-14-25(27)29/h11-12,14-19,21,24,26,30H,4-10,13,20,29H2,1-3H3. The van der Waals surface area contributed by atoms with E-state index in [1.54, 1.807) is 0 Å². The smallest absolute Gasteiger partial charge is 0.313 e. The molecule has 0 fully saturated rings. The van der Waals surface area contributed by atoms with E-state index in [4.69, 9.17) is 10.5 Å². The van der Waals surface area contributed by atoms with Crippen molar-refractivity contribution in [2.24, 2.45) is 0 Å². The van der Waals surface area contributed by atoms with Gasteiger partial charge in [0.05, 0.1) is 19.1 Å². The van der Waals surface area contributed by atoms with Crippen LogP contribution in [0.3, 0.4) is 0 Å². The molecule has 2 aromatic carbocycles. The maximum absolute atomic E-state index is 12.5. The summed E-state index contributed by atoms with van der Waals surface area (Å²) in [7, 11) is 1.40. The van der Waals surface area contributed by atoms with E-state index in [1.807, 2.05) is 43.3 Å². The number of carbonyl (C=O) groups is 1. The molecule has 0 aliphatic heterocycles. The lowest BCUT2D eigenvalue weighted by atomic mass is 9.91. The van der Waals surface area contributed by atoms with E-state index >= 15 is 0 Å². The number of nitrogen functional groups attached to an aromatic ring is 1. The fraction of sp³-hybridized carbons (Fsp3) is 0.536. The van der Waals surface area contributed by atoms with Gasteiger partial charge in [-0.05, 0) is 42.5 Å². The van der Waals surface area contributed by atoms with Gasteiger partial charge in [-0.3, -0.25) is 4.79 Å². The molecule has 0 aliphatic carbocycles. The molecular formula is C28H41NO3S. The second-order valence-corrected chi connectivity index (χ2v) is 10.3. The molecule has 3 atom stereocenters. The van der Waals surface area contributed by atoms with Crippen LogP contribution >= 0.6 is 11.8 Å².